The number of nitrogens with zero attached hydrogens (tertiary/aromatic N) is 2. The molecule has 1 aromatic heterocycles. The molecular formula is C22H27ClN2O3S. The molecule has 2 fully saturated rings. The van der Waals surface area contributed by atoms with E-state index in [1.165, 1.54) is 32.1 Å². The van der Waals surface area contributed by atoms with Gasteiger partial charge in [0.05, 0.1) is 26.5 Å². The molecule has 0 radical (unpaired) electrons. The Labute approximate surface area is 179 Å². The fourth-order valence-electron chi connectivity index (χ4n) is 4.30. The number of piperazine rings is 1. The minimum absolute atomic E-state index is 0.0805. The molecule has 5 nitrogen and oxygen atoms in total. The Morgan fingerprint density at radius 2 is 1.76 bits per heavy atom. The molecule has 0 N–H and O–H groups in total. The number of furan rings is 1. The molecule has 0 bridgehead atoms. The van der Waals surface area contributed by atoms with Crippen LogP contribution in [0.3, 0.4) is 0 Å². The molecule has 1 amide bonds. The van der Waals surface area contributed by atoms with E-state index in [-0.39, 0.29) is 11.7 Å². The number of rotatable bonds is 5. The smallest absolute Gasteiger partial charge is 0.289 e. The first-order valence-corrected chi connectivity index (χ1v) is 12.1. The molecule has 1 aromatic carbocycles. The zero-order chi connectivity index (χ0) is 20.2. The highest BCUT2D eigenvalue weighted by molar-refractivity contribution is 7.84. The SMILES string of the molecule is O=C(c1ccc(C[S@](=O)c2ccccc2Cl)o1)N1CCN(C2CCCCC2)CC1. The summed E-state index contributed by atoms with van der Waals surface area (Å²) < 4.78 is 18.3. The predicted molar refractivity (Wildman–Crippen MR) is 115 cm³/mol. The van der Waals surface area contributed by atoms with Crippen LogP contribution in [0.15, 0.2) is 45.7 Å². The van der Waals surface area contributed by atoms with E-state index in [2.05, 4.69) is 4.90 Å². The van der Waals surface area contributed by atoms with Gasteiger partial charge >= 0.3 is 0 Å². The second-order valence-corrected chi connectivity index (χ2v) is 9.63. The van der Waals surface area contributed by atoms with Gasteiger partial charge in [0.2, 0.25) is 0 Å². The number of hydrogen-bond donors (Lipinski definition) is 0. The van der Waals surface area contributed by atoms with Gasteiger partial charge in [0, 0.05) is 32.2 Å². The number of carbonyl (C=O) groups is 1. The van der Waals surface area contributed by atoms with Crippen LogP contribution in [-0.4, -0.2) is 52.1 Å². The molecule has 1 saturated heterocycles. The summed E-state index contributed by atoms with van der Waals surface area (Å²) in [7, 11) is -1.32. The maximum atomic E-state index is 12.8. The molecule has 1 saturated carbocycles. The zero-order valence-electron chi connectivity index (χ0n) is 16.5. The van der Waals surface area contributed by atoms with Crippen LogP contribution < -0.4 is 0 Å². The third kappa shape index (κ3) is 4.93. The van der Waals surface area contributed by atoms with Crippen molar-refractivity contribution in [1.29, 1.82) is 0 Å². The molecule has 0 spiro atoms. The Hall–Kier alpha value is -1.63. The van der Waals surface area contributed by atoms with Gasteiger partial charge in [-0.3, -0.25) is 13.9 Å². The number of benzene rings is 1. The summed E-state index contributed by atoms with van der Waals surface area (Å²) in [5, 5.41) is 0.476. The minimum Gasteiger partial charge on any atom is -0.455 e. The number of carbonyl (C=O) groups excluding carboxylic acids is 1. The lowest BCUT2D eigenvalue weighted by Crippen LogP contribution is -2.52. The van der Waals surface area contributed by atoms with Crippen molar-refractivity contribution in [2.75, 3.05) is 26.2 Å². The van der Waals surface area contributed by atoms with Crippen LogP contribution in [0.5, 0.6) is 0 Å². The molecular weight excluding hydrogens is 408 g/mol. The van der Waals surface area contributed by atoms with E-state index in [0.717, 1.165) is 26.2 Å². The van der Waals surface area contributed by atoms with E-state index in [9.17, 15) is 9.00 Å². The summed E-state index contributed by atoms with van der Waals surface area (Å²) in [6.07, 6.45) is 6.59. The van der Waals surface area contributed by atoms with E-state index >= 15 is 0 Å². The van der Waals surface area contributed by atoms with Gasteiger partial charge in [-0.2, -0.15) is 0 Å². The summed E-state index contributed by atoms with van der Waals surface area (Å²) in [6.45, 7) is 3.33. The van der Waals surface area contributed by atoms with Crippen LogP contribution in [-0.2, 0) is 16.6 Å². The van der Waals surface area contributed by atoms with Crippen molar-refractivity contribution in [2.45, 2.75) is 48.8 Å². The first kappa shape index (κ1) is 20.6. The largest absolute Gasteiger partial charge is 0.455 e. The van der Waals surface area contributed by atoms with Gasteiger partial charge in [-0.25, -0.2) is 0 Å². The highest BCUT2D eigenvalue weighted by Gasteiger charge is 2.28. The third-order valence-electron chi connectivity index (χ3n) is 5.92. The molecule has 1 atom stereocenters. The van der Waals surface area contributed by atoms with Crippen LogP contribution in [0, 0.1) is 0 Å². The summed E-state index contributed by atoms with van der Waals surface area (Å²) in [5.41, 5.74) is 0. The summed E-state index contributed by atoms with van der Waals surface area (Å²) in [6, 6.07) is 11.2. The lowest BCUT2D eigenvalue weighted by atomic mass is 9.94. The molecule has 2 aliphatic rings. The van der Waals surface area contributed by atoms with Crippen LogP contribution >= 0.6 is 11.6 Å². The topological polar surface area (TPSA) is 53.8 Å². The lowest BCUT2D eigenvalue weighted by Gasteiger charge is -2.40. The molecule has 2 heterocycles. The second-order valence-electron chi connectivity index (χ2n) is 7.81. The van der Waals surface area contributed by atoms with Crippen molar-refractivity contribution in [2.24, 2.45) is 0 Å². The van der Waals surface area contributed by atoms with Crippen LogP contribution in [0.2, 0.25) is 5.02 Å². The molecule has 7 heteroatoms. The molecule has 29 heavy (non-hydrogen) atoms. The highest BCUT2D eigenvalue weighted by atomic mass is 35.5. The average molecular weight is 435 g/mol. The summed E-state index contributed by atoms with van der Waals surface area (Å²) in [5.74, 6) is 0.977. The summed E-state index contributed by atoms with van der Waals surface area (Å²) >= 11 is 6.12. The molecule has 156 valence electrons. The first-order valence-electron chi connectivity index (χ1n) is 10.4. The van der Waals surface area contributed by atoms with Crippen LogP contribution in [0.4, 0.5) is 0 Å². The standard InChI is InChI=1S/C22H27ClN2O3S/c23-19-8-4-5-9-21(19)29(27)16-18-10-11-20(28-18)22(26)25-14-12-24(13-15-25)17-6-2-1-3-7-17/h4-5,8-11,17H,1-3,6-7,12-16H2/t29-/m0/s1. The molecule has 2 aromatic rings. The van der Waals surface area contributed by atoms with Crippen molar-refractivity contribution in [1.82, 2.24) is 9.80 Å². The minimum atomic E-state index is -1.32. The Kier molecular flexibility index (Phi) is 6.73. The first-order chi connectivity index (χ1) is 14.1. The Bertz CT molecular complexity index is 870. The van der Waals surface area contributed by atoms with Crippen molar-refractivity contribution in [3.63, 3.8) is 0 Å². The number of halogens is 1. The van der Waals surface area contributed by atoms with Crippen molar-refractivity contribution >= 4 is 28.3 Å². The molecule has 0 unspecified atom stereocenters. The van der Waals surface area contributed by atoms with Crippen molar-refractivity contribution in [3.8, 4) is 0 Å². The highest BCUT2D eigenvalue weighted by Crippen LogP contribution is 2.25. The second kappa shape index (κ2) is 9.45. The van der Waals surface area contributed by atoms with Crippen molar-refractivity contribution in [3.05, 3.63) is 52.9 Å². The quantitative estimate of drug-likeness (QED) is 0.702. The third-order valence-corrected chi connectivity index (χ3v) is 7.76. The predicted octanol–water partition coefficient (Wildman–Crippen LogP) is 4.33. The van der Waals surface area contributed by atoms with Gasteiger partial charge in [-0.1, -0.05) is 43.0 Å². The summed E-state index contributed by atoms with van der Waals surface area (Å²) in [4.78, 5) is 17.8. The Morgan fingerprint density at radius 1 is 1.03 bits per heavy atom. The maximum Gasteiger partial charge on any atom is 0.289 e. The monoisotopic (exact) mass is 434 g/mol. The molecule has 1 aliphatic carbocycles. The lowest BCUT2D eigenvalue weighted by molar-refractivity contribution is 0.0496. The Morgan fingerprint density at radius 3 is 2.48 bits per heavy atom. The van der Waals surface area contributed by atoms with Crippen molar-refractivity contribution < 1.29 is 13.4 Å². The van der Waals surface area contributed by atoms with Gasteiger partial charge < -0.3 is 9.32 Å². The zero-order valence-corrected chi connectivity index (χ0v) is 18.1. The molecule has 4 rings (SSSR count). The van der Waals surface area contributed by atoms with E-state index in [4.69, 9.17) is 16.0 Å². The Balaban J connectivity index is 1.33. The van der Waals surface area contributed by atoms with Gasteiger partial charge in [-0.15, -0.1) is 0 Å². The van der Waals surface area contributed by atoms with E-state index in [1.807, 2.05) is 11.0 Å². The number of amides is 1. The molecule has 1 aliphatic heterocycles. The fourth-order valence-corrected chi connectivity index (χ4v) is 5.78. The van der Waals surface area contributed by atoms with Gasteiger partial charge in [0.1, 0.15) is 5.76 Å². The maximum absolute atomic E-state index is 12.8. The average Bonchev–Trinajstić information content (AvgIpc) is 3.22. The van der Waals surface area contributed by atoms with Gasteiger partial charge in [0.15, 0.2) is 5.76 Å². The van der Waals surface area contributed by atoms with E-state index in [1.54, 1.807) is 30.3 Å². The van der Waals surface area contributed by atoms with Gasteiger partial charge in [-0.05, 0) is 37.1 Å². The number of hydrogen-bond acceptors (Lipinski definition) is 4. The normalized spacial score (nSPS) is 20.0. The van der Waals surface area contributed by atoms with E-state index in [0.29, 0.717) is 27.5 Å². The van der Waals surface area contributed by atoms with Gasteiger partial charge in [0.25, 0.3) is 5.91 Å². The van der Waals surface area contributed by atoms with E-state index < -0.39 is 10.8 Å². The van der Waals surface area contributed by atoms with Crippen LogP contribution in [0.1, 0.15) is 48.4 Å². The fraction of sp³-hybridized carbons (Fsp3) is 0.500. The van der Waals surface area contributed by atoms with Crippen LogP contribution in [0.25, 0.3) is 0 Å².